The lowest BCUT2D eigenvalue weighted by molar-refractivity contribution is 0.0687. The number of aromatic carboxylic acids is 1. The van der Waals surface area contributed by atoms with Crippen LogP contribution < -0.4 is 4.74 Å². The SMILES string of the molecule is CSc1ccccc1Oc1cc(Br)cnc1C(=O)O. The van der Waals surface area contributed by atoms with Gasteiger partial charge in [0.2, 0.25) is 0 Å². The molecule has 0 saturated carbocycles. The van der Waals surface area contributed by atoms with Crippen molar-refractivity contribution in [2.45, 2.75) is 4.90 Å². The summed E-state index contributed by atoms with van der Waals surface area (Å²) in [6.45, 7) is 0. The normalized spacial score (nSPS) is 10.2. The third kappa shape index (κ3) is 3.27. The molecule has 1 heterocycles. The van der Waals surface area contributed by atoms with Crippen molar-refractivity contribution in [3.05, 3.63) is 46.7 Å². The first-order valence-electron chi connectivity index (χ1n) is 5.31. The second-order valence-corrected chi connectivity index (χ2v) is 5.32. The van der Waals surface area contributed by atoms with E-state index >= 15 is 0 Å². The molecule has 0 aliphatic carbocycles. The quantitative estimate of drug-likeness (QED) is 0.851. The third-order valence-corrected chi connectivity index (χ3v) is 3.52. The van der Waals surface area contributed by atoms with Gasteiger partial charge in [-0.05, 0) is 40.4 Å². The summed E-state index contributed by atoms with van der Waals surface area (Å²) in [6.07, 6.45) is 3.36. The summed E-state index contributed by atoms with van der Waals surface area (Å²) in [4.78, 5) is 15.9. The Morgan fingerprint density at radius 1 is 1.37 bits per heavy atom. The number of benzene rings is 1. The van der Waals surface area contributed by atoms with Crippen LogP contribution in [0, 0.1) is 0 Å². The number of aromatic nitrogens is 1. The highest BCUT2D eigenvalue weighted by atomic mass is 79.9. The van der Waals surface area contributed by atoms with Crippen LogP contribution in [0.15, 0.2) is 45.9 Å². The van der Waals surface area contributed by atoms with Crippen molar-refractivity contribution < 1.29 is 14.6 Å². The number of ether oxygens (including phenoxy) is 1. The Bertz CT molecular complexity index is 619. The first-order valence-corrected chi connectivity index (χ1v) is 7.33. The number of rotatable bonds is 4. The molecule has 6 heteroatoms. The van der Waals surface area contributed by atoms with E-state index in [0.29, 0.717) is 10.2 Å². The van der Waals surface area contributed by atoms with Crippen LogP contribution in [0.4, 0.5) is 0 Å². The molecule has 0 aliphatic rings. The van der Waals surface area contributed by atoms with Gasteiger partial charge in [0, 0.05) is 15.6 Å². The van der Waals surface area contributed by atoms with Crippen molar-refractivity contribution in [3.63, 3.8) is 0 Å². The zero-order valence-electron chi connectivity index (χ0n) is 9.96. The van der Waals surface area contributed by atoms with Gasteiger partial charge in [-0.15, -0.1) is 11.8 Å². The highest BCUT2D eigenvalue weighted by molar-refractivity contribution is 9.10. The van der Waals surface area contributed by atoms with Crippen LogP contribution in [0.25, 0.3) is 0 Å². The maximum Gasteiger partial charge on any atom is 0.358 e. The Kier molecular flexibility index (Phi) is 4.44. The average molecular weight is 340 g/mol. The molecule has 0 radical (unpaired) electrons. The molecule has 1 aromatic carbocycles. The summed E-state index contributed by atoms with van der Waals surface area (Å²) < 4.78 is 6.34. The molecule has 2 aromatic rings. The maximum atomic E-state index is 11.1. The van der Waals surface area contributed by atoms with Gasteiger partial charge in [0.05, 0.1) is 0 Å². The average Bonchev–Trinajstić information content (AvgIpc) is 2.39. The zero-order chi connectivity index (χ0) is 13.8. The predicted molar refractivity (Wildman–Crippen MR) is 77.2 cm³/mol. The highest BCUT2D eigenvalue weighted by Crippen LogP contribution is 2.33. The first-order chi connectivity index (χ1) is 9.11. The number of carbonyl (C=O) groups is 1. The molecule has 0 saturated heterocycles. The van der Waals surface area contributed by atoms with Gasteiger partial charge in [0.15, 0.2) is 11.4 Å². The van der Waals surface area contributed by atoms with Crippen LogP contribution in [-0.2, 0) is 0 Å². The van der Waals surface area contributed by atoms with Crippen molar-refractivity contribution in [2.24, 2.45) is 0 Å². The molecule has 19 heavy (non-hydrogen) atoms. The lowest BCUT2D eigenvalue weighted by Gasteiger charge is -2.11. The van der Waals surface area contributed by atoms with E-state index in [9.17, 15) is 4.79 Å². The van der Waals surface area contributed by atoms with Crippen LogP contribution in [-0.4, -0.2) is 22.3 Å². The summed E-state index contributed by atoms with van der Waals surface area (Å²) in [6, 6.07) is 9.02. The molecule has 2 rings (SSSR count). The van der Waals surface area contributed by atoms with Crippen molar-refractivity contribution in [3.8, 4) is 11.5 Å². The minimum Gasteiger partial charge on any atom is -0.476 e. The minimum atomic E-state index is -1.12. The second-order valence-electron chi connectivity index (χ2n) is 3.56. The van der Waals surface area contributed by atoms with Gasteiger partial charge in [0.1, 0.15) is 5.75 Å². The minimum absolute atomic E-state index is 0.112. The molecular formula is C13H10BrNO3S. The lowest BCUT2D eigenvalue weighted by Crippen LogP contribution is -2.03. The van der Waals surface area contributed by atoms with Crippen LogP contribution in [0.1, 0.15) is 10.5 Å². The van der Waals surface area contributed by atoms with Gasteiger partial charge in [-0.1, -0.05) is 12.1 Å². The Morgan fingerprint density at radius 2 is 2.11 bits per heavy atom. The molecule has 98 valence electrons. The molecule has 0 aliphatic heterocycles. The number of halogens is 1. The van der Waals surface area contributed by atoms with Crippen LogP contribution >= 0.6 is 27.7 Å². The Morgan fingerprint density at radius 3 is 2.79 bits per heavy atom. The van der Waals surface area contributed by atoms with E-state index < -0.39 is 5.97 Å². The Balaban J connectivity index is 2.42. The number of nitrogens with zero attached hydrogens (tertiary/aromatic N) is 1. The van der Waals surface area contributed by atoms with Gasteiger partial charge < -0.3 is 9.84 Å². The van der Waals surface area contributed by atoms with E-state index in [4.69, 9.17) is 9.84 Å². The second kappa shape index (κ2) is 6.08. The number of hydrogen-bond donors (Lipinski definition) is 1. The predicted octanol–water partition coefficient (Wildman–Crippen LogP) is 4.06. The summed E-state index contributed by atoms with van der Waals surface area (Å²) in [7, 11) is 0. The summed E-state index contributed by atoms with van der Waals surface area (Å²) in [5.74, 6) is -0.301. The van der Waals surface area contributed by atoms with Crippen molar-refractivity contribution in [2.75, 3.05) is 6.26 Å². The molecule has 1 aromatic heterocycles. The van der Waals surface area contributed by atoms with Crippen LogP contribution in [0.5, 0.6) is 11.5 Å². The molecule has 0 amide bonds. The summed E-state index contributed by atoms with van der Waals surface area (Å²) in [5, 5.41) is 9.10. The molecule has 0 spiro atoms. The number of hydrogen-bond acceptors (Lipinski definition) is 4. The lowest BCUT2D eigenvalue weighted by atomic mass is 10.3. The fourth-order valence-electron chi connectivity index (χ4n) is 1.48. The van der Waals surface area contributed by atoms with Gasteiger partial charge in [0.25, 0.3) is 0 Å². The fourth-order valence-corrected chi connectivity index (χ4v) is 2.32. The summed E-state index contributed by atoms with van der Waals surface area (Å²) >= 11 is 4.78. The Labute approximate surface area is 122 Å². The van der Waals surface area contributed by atoms with Crippen molar-refractivity contribution >= 4 is 33.7 Å². The zero-order valence-corrected chi connectivity index (χ0v) is 12.4. The number of carboxylic acids is 1. The number of pyridine rings is 1. The standard InChI is InChI=1S/C13H10BrNO3S/c1-19-11-5-3-2-4-9(11)18-10-6-8(14)7-15-12(10)13(16)17/h2-7H,1H3,(H,16,17). The first kappa shape index (κ1) is 13.9. The third-order valence-electron chi connectivity index (χ3n) is 2.31. The molecule has 0 bridgehead atoms. The van der Waals surface area contributed by atoms with E-state index in [1.807, 2.05) is 24.5 Å². The van der Waals surface area contributed by atoms with Gasteiger partial charge in [-0.2, -0.15) is 0 Å². The van der Waals surface area contributed by atoms with Gasteiger partial charge in [-0.25, -0.2) is 9.78 Å². The van der Waals surface area contributed by atoms with E-state index in [0.717, 1.165) is 4.90 Å². The van der Waals surface area contributed by atoms with E-state index in [-0.39, 0.29) is 11.4 Å². The van der Waals surface area contributed by atoms with Crippen molar-refractivity contribution in [1.82, 2.24) is 4.98 Å². The van der Waals surface area contributed by atoms with Crippen LogP contribution in [0.3, 0.4) is 0 Å². The summed E-state index contributed by atoms with van der Waals surface area (Å²) in [5.41, 5.74) is -0.112. The highest BCUT2D eigenvalue weighted by Gasteiger charge is 2.15. The Hall–Kier alpha value is -1.53. The molecular weight excluding hydrogens is 330 g/mol. The number of para-hydroxylation sites is 1. The van der Waals surface area contributed by atoms with Gasteiger partial charge >= 0.3 is 5.97 Å². The number of thioether (sulfide) groups is 1. The van der Waals surface area contributed by atoms with Gasteiger partial charge in [-0.3, -0.25) is 0 Å². The maximum absolute atomic E-state index is 11.1. The monoisotopic (exact) mass is 339 g/mol. The van der Waals surface area contributed by atoms with E-state index in [1.165, 1.54) is 18.0 Å². The van der Waals surface area contributed by atoms with E-state index in [1.54, 1.807) is 12.1 Å². The smallest absolute Gasteiger partial charge is 0.358 e. The fraction of sp³-hybridized carbons (Fsp3) is 0.0769. The van der Waals surface area contributed by atoms with E-state index in [2.05, 4.69) is 20.9 Å². The van der Waals surface area contributed by atoms with Crippen LogP contribution in [0.2, 0.25) is 0 Å². The molecule has 4 nitrogen and oxygen atoms in total. The molecule has 0 atom stereocenters. The number of carboxylic acid groups (broad SMARTS) is 1. The van der Waals surface area contributed by atoms with Crippen molar-refractivity contribution in [1.29, 1.82) is 0 Å². The topological polar surface area (TPSA) is 59.4 Å². The molecule has 0 fully saturated rings. The molecule has 1 N–H and O–H groups in total. The molecule has 0 unspecified atom stereocenters. The largest absolute Gasteiger partial charge is 0.476 e.